The zero-order valence-corrected chi connectivity index (χ0v) is 15.2. The molecule has 3 aromatic rings. The number of hydrogen-bond donors (Lipinski definition) is 1. The fourth-order valence-corrected chi connectivity index (χ4v) is 2.72. The van der Waals surface area contributed by atoms with Gasteiger partial charge in [-0.05, 0) is 43.3 Å². The third kappa shape index (κ3) is 4.03. The van der Waals surface area contributed by atoms with Crippen LogP contribution >= 0.6 is 11.6 Å². The van der Waals surface area contributed by atoms with Crippen LogP contribution in [-0.2, 0) is 11.3 Å². The first-order valence-electron chi connectivity index (χ1n) is 8.09. The molecule has 0 saturated carbocycles. The summed E-state index contributed by atoms with van der Waals surface area (Å²) >= 11 is 5.84. The Hall–Kier alpha value is -2.86. The average Bonchev–Trinajstić information content (AvgIpc) is 2.63. The zero-order valence-electron chi connectivity index (χ0n) is 14.4. The van der Waals surface area contributed by atoms with E-state index >= 15 is 0 Å². The van der Waals surface area contributed by atoms with Crippen LogP contribution in [0.25, 0.3) is 10.9 Å². The highest BCUT2D eigenvalue weighted by molar-refractivity contribution is 6.30. The van der Waals surface area contributed by atoms with Crippen molar-refractivity contribution in [3.63, 3.8) is 0 Å². The Labute approximate surface area is 155 Å². The monoisotopic (exact) mass is 371 g/mol. The van der Waals surface area contributed by atoms with Crippen molar-refractivity contribution < 1.29 is 9.53 Å². The first-order chi connectivity index (χ1) is 12.4. The largest absolute Gasteiger partial charge is 0.481 e. The van der Waals surface area contributed by atoms with Gasteiger partial charge in [-0.3, -0.25) is 9.59 Å². The summed E-state index contributed by atoms with van der Waals surface area (Å²) in [5.41, 5.74) is 0.370. The molecular formula is C19H18ClN3O3. The van der Waals surface area contributed by atoms with E-state index in [0.717, 1.165) is 0 Å². The Morgan fingerprint density at radius 1 is 1.23 bits per heavy atom. The Morgan fingerprint density at radius 2 is 1.92 bits per heavy atom. The molecule has 1 atom stereocenters. The second kappa shape index (κ2) is 7.58. The second-order valence-corrected chi connectivity index (χ2v) is 6.37. The number of aromatic nitrogens is 2. The number of carbonyl (C=O) groups is 1. The van der Waals surface area contributed by atoms with E-state index in [1.54, 1.807) is 56.4 Å². The molecule has 26 heavy (non-hydrogen) atoms. The van der Waals surface area contributed by atoms with Crippen LogP contribution in [0.5, 0.6) is 5.75 Å². The van der Waals surface area contributed by atoms with E-state index in [-0.39, 0.29) is 18.0 Å². The third-order valence-electron chi connectivity index (χ3n) is 3.90. The molecule has 1 aromatic heterocycles. The molecule has 0 radical (unpaired) electrons. The maximum Gasteiger partial charge on any atom is 0.263 e. The van der Waals surface area contributed by atoms with Crippen LogP contribution in [-0.4, -0.2) is 33.9 Å². The molecule has 1 amide bonds. The van der Waals surface area contributed by atoms with Gasteiger partial charge in [-0.15, -0.1) is 0 Å². The van der Waals surface area contributed by atoms with E-state index in [4.69, 9.17) is 16.3 Å². The molecule has 1 heterocycles. The number of amides is 1. The van der Waals surface area contributed by atoms with Gasteiger partial charge in [-0.2, -0.15) is 0 Å². The number of carbonyl (C=O) groups excluding carboxylic acids is 1. The van der Waals surface area contributed by atoms with E-state index < -0.39 is 6.10 Å². The summed E-state index contributed by atoms with van der Waals surface area (Å²) in [7, 11) is 1.64. The van der Waals surface area contributed by atoms with Gasteiger partial charge in [0.25, 0.3) is 11.5 Å². The highest BCUT2D eigenvalue weighted by Gasteiger charge is 2.20. The number of fused-ring (bicyclic) bond motifs is 1. The van der Waals surface area contributed by atoms with Crippen molar-refractivity contribution in [3.8, 4) is 5.75 Å². The van der Waals surface area contributed by atoms with Crippen molar-refractivity contribution in [3.05, 3.63) is 69.7 Å². The Kier molecular flexibility index (Phi) is 5.23. The topological polar surface area (TPSA) is 75.3 Å². The minimum atomic E-state index is -0.687. The van der Waals surface area contributed by atoms with Gasteiger partial charge in [0.1, 0.15) is 11.6 Å². The molecule has 0 saturated heterocycles. The zero-order chi connectivity index (χ0) is 18.7. The van der Waals surface area contributed by atoms with Crippen LogP contribution in [0.2, 0.25) is 5.02 Å². The number of para-hydroxylation sites is 1. The summed E-state index contributed by atoms with van der Waals surface area (Å²) in [5, 5.41) is 1.12. The predicted molar refractivity (Wildman–Crippen MR) is 100 cm³/mol. The van der Waals surface area contributed by atoms with Crippen LogP contribution in [0.1, 0.15) is 12.7 Å². The molecule has 1 N–H and O–H groups in total. The first-order valence-corrected chi connectivity index (χ1v) is 8.47. The van der Waals surface area contributed by atoms with Gasteiger partial charge in [0.15, 0.2) is 6.10 Å². The van der Waals surface area contributed by atoms with Crippen molar-refractivity contribution >= 4 is 28.4 Å². The maximum absolute atomic E-state index is 12.5. The van der Waals surface area contributed by atoms with Gasteiger partial charge >= 0.3 is 0 Å². The highest BCUT2D eigenvalue weighted by atomic mass is 35.5. The number of likely N-dealkylation sites (N-methyl/N-ethyl adjacent to an activating group) is 1. The Morgan fingerprint density at radius 3 is 2.65 bits per heavy atom. The number of benzene rings is 2. The standard InChI is InChI=1S/C19H18ClN3O3/c1-12(26-14-9-7-13(20)8-10-14)19(25)23(2)11-17-21-16-6-4-3-5-15(16)18(24)22-17/h3-10,12H,11H2,1-2H3,(H,21,22,24). The van der Waals surface area contributed by atoms with Gasteiger partial charge in [0.2, 0.25) is 0 Å². The fourth-order valence-electron chi connectivity index (χ4n) is 2.59. The lowest BCUT2D eigenvalue weighted by Gasteiger charge is -2.21. The summed E-state index contributed by atoms with van der Waals surface area (Å²) in [6.45, 7) is 1.84. The summed E-state index contributed by atoms with van der Waals surface area (Å²) in [6, 6.07) is 13.9. The van der Waals surface area contributed by atoms with E-state index in [9.17, 15) is 9.59 Å². The average molecular weight is 372 g/mol. The van der Waals surface area contributed by atoms with Crippen molar-refractivity contribution in [2.75, 3.05) is 7.05 Å². The van der Waals surface area contributed by atoms with E-state index in [0.29, 0.717) is 27.5 Å². The molecule has 7 heteroatoms. The lowest BCUT2D eigenvalue weighted by atomic mass is 10.2. The Balaban J connectivity index is 1.70. The van der Waals surface area contributed by atoms with Crippen LogP contribution < -0.4 is 10.3 Å². The van der Waals surface area contributed by atoms with Crippen molar-refractivity contribution in [2.24, 2.45) is 0 Å². The van der Waals surface area contributed by atoms with E-state index in [1.807, 2.05) is 6.07 Å². The smallest absolute Gasteiger partial charge is 0.263 e. The highest BCUT2D eigenvalue weighted by Crippen LogP contribution is 2.17. The summed E-state index contributed by atoms with van der Waals surface area (Å²) in [5.74, 6) is 0.750. The molecule has 0 fully saturated rings. The van der Waals surface area contributed by atoms with Crippen molar-refractivity contribution in [1.82, 2.24) is 14.9 Å². The lowest BCUT2D eigenvalue weighted by Crippen LogP contribution is -2.38. The van der Waals surface area contributed by atoms with E-state index in [2.05, 4.69) is 9.97 Å². The van der Waals surface area contributed by atoms with Gasteiger partial charge < -0.3 is 14.6 Å². The molecule has 2 aromatic carbocycles. The van der Waals surface area contributed by atoms with Crippen LogP contribution in [0.3, 0.4) is 0 Å². The van der Waals surface area contributed by atoms with E-state index in [1.165, 1.54) is 4.90 Å². The minimum Gasteiger partial charge on any atom is -0.481 e. The number of rotatable bonds is 5. The molecule has 6 nitrogen and oxygen atoms in total. The van der Waals surface area contributed by atoms with Gasteiger partial charge in [0, 0.05) is 12.1 Å². The van der Waals surface area contributed by atoms with Gasteiger partial charge in [-0.25, -0.2) is 4.98 Å². The molecular weight excluding hydrogens is 354 g/mol. The quantitative estimate of drug-likeness (QED) is 0.748. The van der Waals surface area contributed by atoms with Gasteiger partial charge in [0.05, 0.1) is 17.4 Å². The molecule has 3 rings (SSSR count). The summed E-state index contributed by atoms with van der Waals surface area (Å²) in [4.78, 5) is 33.2. The normalized spacial score (nSPS) is 12.0. The summed E-state index contributed by atoms with van der Waals surface area (Å²) < 4.78 is 5.64. The van der Waals surface area contributed by atoms with Crippen molar-refractivity contribution in [1.29, 1.82) is 0 Å². The molecule has 0 aliphatic carbocycles. The van der Waals surface area contributed by atoms with Crippen molar-refractivity contribution in [2.45, 2.75) is 19.6 Å². The molecule has 0 aliphatic heterocycles. The van der Waals surface area contributed by atoms with Crippen LogP contribution in [0, 0.1) is 0 Å². The minimum absolute atomic E-state index is 0.174. The molecule has 0 spiro atoms. The van der Waals surface area contributed by atoms with Crippen LogP contribution in [0.15, 0.2) is 53.3 Å². The maximum atomic E-state index is 12.5. The fraction of sp³-hybridized carbons (Fsp3) is 0.211. The molecule has 0 aliphatic rings. The third-order valence-corrected chi connectivity index (χ3v) is 4.15. The SMILES string of the molecule is CC(Oc1ccc(Cl)cc1)C(=O)N(C)Cc1nc2ccccc2c(=O)[nH]1. The number of nitrogens with zero attached hydrogens (tertiary/aromatic N) is 2. The Bertz CT molecular complexity index is 985. The number of ether oxygens (including phenoxy) is 1. The number of halogens is 1. The predicted octanol–water partition coefficient (Wildman–Crippen LogP) is 3.00. The van der Waals surface area contributed by atoms with Crippen LogP contribution in [0.4, 0.5) is 0 Å². The number of hydrogen-bond acceptors (Lipinski definition) is 4. The first kappa shape index (κ1) is 17.9. The molecule has 1 unspecified atom stereocenters. The lowest BCUT2D eigenvalue weighted by molar-refractivity contribution is -0.137. The number of aromatic amines is 1. The number of nitrogens with one attached hydrogen (secondary N) is 1. The molecule has 134 valence electrons. The molecule has 0 bridgehead atoms. The summed E-state index contributed by atoms with van der Waals surface area (Å²) in [6.07, 6.45) is -0.687. The number of H-pyrrole nitrogens is 1. The second-order valence-electron chi connectivity index (χ2n) is 5.94. The van der Waals surface area contributed by atoms with Gasteiger partial charge in [-0.1, -0.05) is 23.7 Å².